The Morgan fingerprint density at radius 1 is 1.03 bits per heavy atom. The number of fused-ring (bicyclic) bond motifs is 1. The number of halogens is 1. The van der Waals surface area contributed by atoms with E-state index in [1.807, 2.05) is 26.8 Å². The molecule has 0 bridgehead atoms. The van der Waals surface area contributed by atoms with Crippen LogP contribution in [0, 0.1) is 5.82 Å². The summed E-state index contributed by atoms with van der Waals surface area (Å²) in [4.78, 5) is 13.0. The Balaban J connectivity index is 1.75. The van der Waals surface area contributed by atoms with Gasteiger partial charge in [-0.25, -0.2) is 12.8 Å². The van der Waals surface area contributed by atoms with Gasteiger partial charge in [0.05, 0.1) is 22.8 Å². The van der Waals surface area contributed by atoms with Gasteiger partial charge in [-0.15, -0.1) is 0 Å². The second-order valence-corrected chi connectivity index (χ2v) is 10.7. The van der Waals surface area contributed by atoms with Crippen LogP contribution in [0.15, 0.2) is 77.7 Å². The van der Waals surface area contributed by atoms with Crippen molar-refractivity contribution < 1.29 is 22.3 Å². The molecule has 0 spiro atoms. The van der Waals surface area contributed by atoms with Crippen LogP contribution in [0.25, 0.3) is 0 Å². The molecule has 3 aromatic carbocycles. The van der Waals surface area contributed by atoms with Crippen LogP contribution in [0.5, 0.6) is 5.75 Å². The number of benzene rings is 3. The number of carbonyl (C=O) groups is 1. The number of nitrogens with one attached hydrogen (secondary N) is 1. The first kappa shape index (κ1) is 22.8. The molecule has 0 fully saturated rings. The summed E-state index contributed by atoms with van der Waals surface area (Å²) in [6, 6.07) is 19.1. The number of anilines is 2. The summed E-state index contributed by atoms with van der Waals surface area (Å²) >= 11 is 0. The minimum atomic E-state index is -3.99. The van der Waals surface area contributed by atoms with E-state index in [9.17, 15) is 17.6 Å². The predicted molar refractivity (Wildman–Crippen MR) is 126 cm³/mol. The summed E-state index contributed by atoms with van der Waals surface area (Å²) in [5, 5.41) is 2.50. The molecule has 172 valence electrons. The largest absolute Gasteiger partial charge is 0.476 e. The third kappa shape index (κ3) is 4.57. The average molecular weight is 469 g/mol. The molecule has 1 aliphatic rings. The summed E-state index contributed by atoms with van der Waals surface area (Å²) in [6.07, 6.45) is -1.17. The Labute approximate surface area is 193 Å². The fourth-order valence-corrected chi connectivity index (χ4v) is 5.07. The maximum Gasteiger partial charge on any atom is 0.267 e. The number of ether oxygens (including phenoxy) is 1. The second kappa shape index (κ2) is 8.51. The number of hydrogen-bond donors (Lipinski definition) is 1. The van der Waals surface area contributed by atoms with E-state index in [0.717, 1.165) is 5.56 Å². The topological polar surface area (TPSA) is 75.7 Å². The molecule has 1 amide bonds. The predicted octanol–water partition coefficient (Wildman–Crippen LogP) is 4.72. The van der Waals surface area contributed by atoms with E-state index in [4.69, 9.17) is 4.74 Å². The minimum Gasteiger partial charge on any atom is -0.476 e. The lowest BCUT2D eigenvalue weighted by molar-refractivity contribution is -0.122. The molecule has 0 aromatic heterocycles. The monoisotopic (exact) mass is 468 g/mol. The van der Waals surface area contributed by atoms with Gasteiger partial charge in [-0.1, -0.05) is 57.2 Å². The van der Waals surface area contributed by atoms with Crippen molar-refractivity contribution in [1.82, 2.24) is 0 Å². The van der Waals surface area contributed by atoms with E-state index in [-0.39, 0.29) is 28.3 Å². The molecule has 1 unspecified atom stereocenters. The van der Waals surface area contributed by atoms with Crippen molar-refractivity contribution in [2.75, 3.05) is 16.2 Å². The zero-order valence-electron chi connectivity index (χ0n) is 18.6. The highest BCUT2D eigenvalue weighted by Crippen LogP contribution is 2.40. The molecule has 33 heavy (non-hydrogen) atoms. The van der Waals surface area contributed by atoms with Gasteiger partial charge in [0.1, 0.15) is 11.6 Å². The highest BCUT2D eigenvalue weighted by molar-refractivity contribution is 7.92. The van der Waals surface area contributed by atoms with E-state index in [1.165, 1.54) is 34.6 Å². The summed E-state index contributed by atoms with van der Waals surface area (Å²) in [5.74, 6) is -0.966. The highest BCUT2D eigenvalue weighted by atomic mass is 32.2. The molecule has 1 atom stereocenters. The quantitative estimate of drug-likeness (QED) is 0.601. The summed E-state index contributed by atoms with van der Waals surface area (Å²) in [5.41, 5.74) is 1.06. The number of hydrogen-bond acceptors (Lipinski definition) is 4. The van der Waals surface area contributed by atoms with Gasteiger partial charge in [-0.05, 0) is 47.4 Å². The van der Waals surface area contributed by atoms with Crippen molar-refractivity contribution in [3.05, 3.63) is 84.2 Å². The van der Waals surface area contributed by atoms with E-state index in [2.05, 4.69) is 5.32 Å². The molecule has 6 nitrogen and oxygen atoms in total. The lowest BCUT2D eigenvalue weighted by Gasteiger charge is -2.36. The van der Waals surface area contributed by atoms with Crippen LogP contribution in [0.1, 0.15) is 26.3 Å². The summed E-state index contributed by atoms with van der Waals surface area (Å²) in [7, 11) is -3.99. The molecule has 0 saturated carbocycles. The first-order valence-electron chi connectivity index (χ1n) is 10.5. The molecule has 1 aliphatic heterocycles. The second-order valence-electron chi connectivity index (χ2n) is 8.86. The molecular formula is C25H25FN2O4S. The van der Waals surface area contributed by atoms with Gasteiger partial charge in [0.25, 0.3) is 15.9 Å². The van der Waals surface area contributed by atoms with Crippen LogP contribution in [0.2, 0.25) is 0 Å². The fourth-order valence-electron chi connectivity index (χ4n) is 3.58. The van der Waals surface area contributed by atoms with Gasteiger partial charge in [0.15, 0.2) is 6.10 Å². The molecule has 1 heterocycles. The zero-order valence-corrected chi connectivity index (χ0v) is 19.4. The van der Waals surface area contributed by atoms with Gasteiger partial charge in [-0.2, -0.15) is 0 Å². The number of amides is 1. The van der Waals surface area contributed by atoms with Crippen LogP contribution < -0.4 is 14.4 Å². The Morgan fingerprint density at radius 2 is 1.70 bits per heavy atom. The average Bonchev–Trinajstić information content (AvgIpc) is 2.79. The lowest BCUT2D eigenvalue weighted by Crippen LogP contribution is -2.49. The lowest BCUT2D eigenvalue weighted by atomic mass is 9.86. The van der Waals surface area contributed by atoms with Crippen LogP contribution >= 0.6 is 0 Å². The molecule has 3 aromatic rings. The van der Waals surface area contributed by atoms with Crippen molar-refractivity contribution in [3.8, 4) is 5.75 Å². The Hall–Kier alpha value is -3.39. The normalized spacial score (nSPS) is 16.0. The number of rotatable bonds is 4. The Bertz CT molecular complexity index is 1290. The number of para-hydroxylation sites is 1. The maximum atomic E-state index is 14.0. The van der Waals surface area contributed by atoms with Crippen LogP contribution in [-0.2, 0) is 20.2 Å². The molecule has 4 rings (SSSR count). The van der Waals surface area contributed by atoms with E-state index < -0.39 is 27.9 Å². The Morgan fingerprint density at radius 3 is 2.36 bits per heavy atom. The van der Waals surface area contributed by atoms with Crippen molar-refractivity contribution in [2.24, 2.45) is 0 Å². The van der Waals surface area contributed by atoms with Crippen LogP contribution in [0.3, 0.4) is 0 Å². The van der Waals surface area contributed by atoms with E-state index in [0.29, 0.717) is 5.69 Å². The zero-order chi connectivity index (χ0) is 23.8. The third-order valence-corrected chi connectivity index (χ3v) is 7.24. The van der Waals surface area contributed by atoms with Gasteiger partial charge < -0.3 is 10.1 Å². The summed E-state index contributed by atoms with van der Waals surface area (Å²) < 4.78 is 48.3. The molecule has 0 radical (unpaired) electrons. The minimum absolute atomic E-state index is 0.00237. The molecular weight excluding hydrogens is 443 g/mol. The maximum absolute atomic E-state index is 14.0. The van der Waals surface area contributed by atoms with Crippen molar-refractivity contribution in [1.29, 1.82) is 0 Å². The molecule has 8 heteroatoms. The first-order chi connectivity index (χ1) is 15.6. The summed E-state index contributed by atoms with van der Waals surface area (Å²) in [6.45, 7) is 5.83. The highest BCUT2D eigenvalue weighted by Gasteiger charge is 2.38. The number of nitrogens with zero attached hydrogens (tertiary/aromatic N) is 1. The number of carbonyl (C=O) groups excluding carboxylic acids is 1. The molecule has 0 aliphatic carbocycles. The van der Waals surface area contributed by atoms with E-state index in [1.54, 1.807) is 36.4 Å². The van der Waals surface area contributed by atoms with Gasteiger partial charge in [0, 0.05) is 0 Å². The van der Waals surface area contributed by atoms with Gasteiger partial charge in [-0.3, -0.25) is 9.10 Å². The standard InChI is InChI=1S/C25H25FN2O4S/c1-25(2,3)17-13-14-22-21(15-17)28(33(30,31)18-9-5-4-6-10-18)16-23(32-22)24(29)27-20-12-8-7-11-19(20)26/h4-15,23H,16H2,1-3H3,(H,27,29). The molecule has 1 N–H and O–H groups in total. The van der Waals surface area contributed by atoms with Crippen molar-refractivity contribution in [3.63, 3.8) is 0 Å². The first-order valence-corrected chi connectivity index (χ1v) is 12.0. The number of sulfonamides is 1. The SMILES string of the molecule is CC(C)(C)c1ccc2c(c1)N(S(=O)(=O)c1ccccc1)CC(C(=O)Nc1ccccc1F)O2. The van der Waals surface area contributed by atoms with Crippen molar-refractivity contribution in [2.45, 2.75) is 37.2 Å². The van der Waals surface area contributed by atoms with Crippen molar-refractivity contribution >= 4 is 27.3 Å². The van der Waals surface area contributed by atoms with Gasteiger partial charge >= 0.3 is 0 Å². The smallest absolute Gasteiger partial charge is 0.267 e. The fraction of sp³-hybridized carbons (Fsp3) is 0.240. The van der Waals surface area contributed by atoms with Crippen LogP contribution in [0.4, 0.5) is 15.8 Å². The Kier molecular flexibility index (Phi) is 5.88. The third-order valence-electron chi connectivity index (χ3n) is 5.45. The van der Waals surface area contributed by atoms with Crippen LogP contribution in [-0.4, -0.2) is 27.0 Å². The van der Waals surface area contributed by atoms with Gasteiger partial charge in [0.2, 0.25) is 0 Å². The van der Waals surface area contributed by atoms with E-state index >= 15 is 0 Å². The molecule has 0 saturated heterocycles.